The zero-order chi connectivity index (χ0) is 16.7. The Balaban J connectivity index is 1.67. The van der Waals surface area contributed by atoms with Crippen LogP contribution in [0.15, 0.2) is 15.9 Å². The van der Waals surface area contributed by atoms with Gasteiger partial charge in [-0.05, 0) is 19.3 Å². The first-order valence-corrected chi connectivity index (χ1v) is 9.65. The average Bonchev–Trinajstić information content (AvgIpc) is 3.17. The summed E-state index contributed by atoms with van der Waals surface area (Å²) in [4.78, 5) is 16.2. The van der Waals surface area contributed by atoms with E-state index in [1.54, 1.807) is 12.4 Å². The fraction of sp³-hybridized carbons (Fsp3) is 0.692. The van der Waals surface area contributed by atoms with Gasteiger partial charge < -0.3 is 14.7 Å². The molecule has 23 heavy (non-hydrogen) atoms. The molecule has 2 aliphatic heterocycles. The van der Waals surface area contributed by atoms with Crippen LogP contribution in [0.2, 0.25) is 0 Å². The maximum absolute atomic E-state index is 12.5. The van der Waals surface area contributed by atoms with Gasteiger partial charge in [-0.25, -0.2) is 18.2 Å². The van der Waals surface area contributed by atoms with Gasteiger partial charge in [0.05, 0.1) is 18.2 Å². The molecule has 0 aromatic carbocycles. The Morgan fingerprint density at radius 3 is 2.78 bits per heavy atom. The van der Waals surface area contributed by atoms with Gasteiger partial charge in [0.25, 0.3) is 10.0 Å². The summed E-state index contributed by atoms with van der Waals surface area (Å²) >= 11 is 1.09. The summed E-state index contributed by atoms with van der Waals surface area (Å²) in [6.45, 7) is 1.17. The third-order valence-electron chi connectivity index (χ3n) is 4.66. The van der Waals surface area contributed by atoms with Crippen LogP contribution in [0.5, 0.6) is 0 Å². The molecule has 128 valence electrons. The Morgan fingerprint density at radius 1 is 1.52 bits per heavy atom. The number of nitrogens with zero attached hydrogens (tertiary/aromatic N) is 3. The number of carbonyl (C=O) groups is 1. The fourth-order valence-electron chi connectivity index (χ4n) is 3.16. The van der Waals surface area contributed by atoms with Gasteiger partial charge >= 0.3 is 6.09 Å². The number of rotatable bonds is 3. The minimum atomic E-state index is -3.60. The lowest BCUT2D eigenvalue weighted by Crippen LogP contribution is -2.46. The number of likely N-dealkylation sites (N-methyl/N-ethyl adjacent to an activating group) is 1. The van der Waals surface area contributed by atoms with E-state index in [9.17, 15) is 13.2 Å². The fourth-order valence-corrected chi connectivity index (χ4v) is 5.50. The van der Waals surface area contributed by atoms with Crippen molar-refractivity contribution >= 4 is 27.5 Å². The van der Waals surface area contributed by atoms with E-state index in [1.807, 2.05) is 0 Å². The summed E-state index contributed by atoms with van der Waals surface area (Å²) in [6, 6.07) is -0.250. The number of thiazole rings is 1. The van der Waals surface area contributed by atoms with Crippen molar-refractivity contribution in [3.05, 3.63) is 11.6 Å². The predicted octanol–water partition coefficient (Wildman–Crippen LogP) is 1.07. The highest BCUT2D eigenvalue weighted by Crippen LogP contribution is 2.38. The van der Waals surface area contributed by atoms with Crippen LogP contribution in [0.3, 0.4) is 0 Å². The smallest absolute Gasteiger partial charge is 0.407 e. The molecular formula is C13H19N3O5S2. The molecule has 1 atom stereocenters. The van der Waals surface area contributed by atoms with Crippen LogP contribution >= 0.6 is 11.3 Å². The molecule has 3 rings (SSSR count). The van der Waals surface area contributed by atoms with E-state index in [0.717, 1.165) is 11.3 Å². The van der Waals surface area contributed by atoms with E-state index in [0.29, 0.717) is 39.0 Å². The SMILES string of the molecule is CN([C@H]1COC2(CCN(C(=O)O)CC2)C1)S(=O)(=O)c1nccs1. The van der Waals surface area contributed by atoms with Gasteiger partial charge in [0, 0.05) is 31.7 Å². The molecule has 1 amide bonds. The molecule has 1 aromatic rings. The molecule has 0 radical (unpaired) electrons. The van der Waals surface area contributed by atoms with Crippen LogP contribution < -0.4 is 0 Å². The molecule has 2 fully saturated rings. The summed E-state index contributed by atoms with van der Waals surface area (Å²) in [5.74, 6) is 0. The first-order chi connectivity index (χ1) is 10.8. The second kappa shape index (κ2) is 6.00. The molecule has 8 nitrogen and oxygen atoms in total. The predicted molar refractivity (Wildman–Crippen MR) is 83.0 cm³/mol. The zero-order valence-corrected chi connectivity index (χ0v) is 14.3. The van der Waals surface area contributed by atoms with Crippen molar-refractivity contribution < 1.29 is 23.1 Å². The Kier molecular flexibility index (Phi) is 4.34. The Labute approximate surface area is 138 Å². The summed E-state index contributed by atoms with van der Waals surface area (Å²) < 4.78 is 32.4. The number of aromatic nitrogens is 1. The van der Waals surface area contributed by atoms with Gasteiger partial charge in [0.2, 0.25) is 4.34 Å². The molecule has 2 saturated heterocycles. The summed E-state index contributed by atoms with van der Waals surface area (Å²) in [7, 11) is -2.05. The van der Waals surface area contributed by atoms with Gasteiger partial charge in [-0.1, -0.05) is 0 Å². The lowest BCUT2D eigenvalue weighted by atomic mass is 9.87. The van der Waals surface area contributed by atoms with E-state index in [4.69, 9.17) is 9.84 Å². The third kappa shape index (κ3) is 3.08. The molecule has 1 spiro atoms. The maximum Gasteiger partial charge on any atom is 0.407 e. The molecule has 10 heteroatoms. The van der Waals surface area contributed by atoms with Crippen LogP contribution in [0.25, 0.3) is 0 Å². The average molecular weight is 361 g/mol. The lowest BCUT2D eigenvalue weighted by molar-refractivity contribution is -0.0396. The Hall–Kier alpha value is -1.23. The topological polar surface area (TPSA) is 100 Å². The van der Waals surface area contributed by atoms with Crippen molar-refractivity contribution in [3.63, 3.8) is 0 Å². The van der Waals surface area contributed by atoms with Crippen LogP contribution in [-0.2, 0) is 14.8 Å². The summed E-state index contributed by atoms with van der Waals surface area (Å²) in [5.41, 5.74) is -0.413. The lowest BCUT2D eigenvalue weighted by Gasteiger charge is -2.37. The normalized spacial score (nSPS) is 24.4. The van der Waals surface area contributed by atoms with Crippen molar-refractivity contribution in [2.45, 2.75) is 35.2 Å². The van der Waals surface area contributed by atoms with Crippen LogP contribution in [-0.4, -0.2) is 72.2 Å². The monoisotopic (exact) mass is 361 g/mol. The Morgan fingerprint density at radius 2 is 2.22 bits per heavy atom. The highest BCUT2D eigenvalue weighted by Gasteiger charge is 2.46. The number of sulfonamides is 1. The maximum atomic E-state index is 12.5. The standard InChI is InChI=1S/C13H19N3O5S2/c1-15(23(19,20)11-14-4-7-22-11)10-8-13(21-9-10)2-5-16(6-3-13)12(17)18/h4,7,10H,2-3,5-6,8-9H2,1H3,(H,17,18)/t10-/m1/s1. The Bertz CT molecular complexity index is 668. The number of amides is 1. The highest BCUT2D eigenvalue weighted by atomic mass is 32.2. The van der Waals surface area contributed by atoms with E-state index in [1.165, 1.54) is 15.4 Å². The van der Waals surface area contributed by atoms with Gasteiger partial charge in [0.15, 0.2) is 0 Å². The number of carboxylic acid groups (broad SMARTS) is 1. The number of likely N-dealkylation sites (tertiary alicyclic amines) is 1. The van der Waals surface area contributed by atoms with Crippen LogP contribution in [0.1, 0.15) is 19.3 Å². The van der Waals surface area contributed by atoms with Crippen molar-refractivity contribution in [2.75, 3.05) is 26.7 Å². The van der Waals surface area contributed by atoms with Gasteiger partial charge in [-0.2, -0.15) is 4.31 Å². The van der Waals surface area contributed by atoms with Crippen molar-refractivity contribution in [1.82, 2.24) is 14.2 Å². The summed E-state index contributed by atoms with van der Waals surface area (Å²) in [6.07, 6.45) is 2.33. The van der Waals surface area contributed by atoms with Gasteiger partial charge in [-0.15, -0.1) is 11.3 Å². The van der Waals surface area contributed by atoms with E-state index >= 15 is 0 Å². The minimum Gasteiger partial charge on any atom is -0.465 e. The molecule has 0 aliphatic carbocycles. The van der Waals surface area contributed by atoms with Crippen LogP contribution in [0.4, 0.5) is 4.79 Å². The molecule has 1 aromatic heterocycles. The second-order valence-corrected chi connectivity index (χ2v) is 9.01. The highest BCUT2D eigenvalue weighted by molar-refractivity contribution is 7.91. The van der Waals surface area contributed by atoms with Gasteiger partial charge in [-0.3, -0.25) is 0 Å². The quantitative estimate of drug-likeness (QED) is 0.864. The van der Waals surface area contributed by atoms with E-state index in [2.05, 4.69) is 4.98 Å². The molecule has 0 unspecified atom stereocenters. The second-order valence-electron chi connectivity index (χ2n) is 5.94. The van der Waals surface area contributed by atoms with Crippen molar-refractivity contribution in [2.24, 2.45) is 0 Å². The van der Waals surface area contributed by atoms with Crippen molar-refractivity contribution in [1.29, 1.82) is 0 Å². The van der Waals surface area contributed by atoms with Crippen LogP contribution in [0, 0.1) is 0 Å². The molecule has 3 heterocycles. The number of hydrogen-bond donors (Lipinski definition) is 1. The number of piperidine rings is 1. The van der Waals surface area contributed by atoms with Crippen molar-refractivity contribution in [3.8, 4) is 0 Å². The third-order valence-corrected chi connectivity index (χ3v) is 7.75. The minimum absolute atomic E-state index is 0.0849. The molecule has 1 N–H and O–H groups in total. The zero-order valence-electron chi connectivity index (χ0n) is 12.7. The molecular weight excluding hydrogens is 342 g/mol. The van der Waals surface area contributed by atoms with E-state index < -0.39 is 21.7 Å². The van der Waals surface area contributed by atoms with E-state index in [-0.39, 0.29) is 10.4 Å². The first kappa shape index (κ1) is 16.6. The largest absolute Gasteiger partial charge is 0.465 e. The van der Waals surface area contributed by atoms with Gasteiger partial charge in [0.1, 0.15) is 0 Å². The number of ether oxygens (including phenoxy) is 1. The number of hydrogen-bond acceptors (Lipinski definition) is 6. The molecule has 0 saturated carbocycles. The first-order valence-electron chi connectivity index (χ1n) is 7.33. The molecule has 2 aliphatic rings. The summed E-state index contributed by atoms with van der Waals surface area (Å²) in [5, 5.41) is 10.6. The molecule has 0 bridgehead atoms.